The van der Waals surface area contributed by atoms with Crippen molar-refractivity contribution >= 4 is 29.4 Å². The number of methoxy groups -OCH3 is 1. The Morgan fingerprint density at radius 3 is 2.21 bits per heavy atom. The molecule has 0 atom stereocenters. The summed E-state index contributed by atoms with van der Waals surface area (Å²) in [6.45, 7) is 10.3. The van der Waals surface area contributed by atoms with Gasteiger partial charge in [0.05, 0.1) is 12.7 Å². The van der Waals surface area contributed by atoms with E-state index in [2.05, 4.69) is 27.2 Å². The largest absolute Gasteiger partial charge is 0.465 e. The number of piperazine rings is 1. The van der Waals surface area contributed by atoms with Gasteiger partial charge < -0.3 is 19.7 Å². The zero-order valence-electron chi connectivity index (χ0n) is 23.0. The Bertz CT molecular complexity index is 1280. The van der Waals surface area contributed by atoms with Gasteiger partial charge in [-0.2, -0.15) is 0 Å². The van der Waals surface area contributed by atoms with E-state index in [1.165, 1.54) is 12.7 Å². The van der Waals surface area contributed by atoms with E-state index in [0.29, 0.717) is 17.1 Å². The van der Waals surface area contributed by atoms with Crippen LogP contribution in [0.1, 0.15) is 42.3 Å². The number of ether oxygens (including phenoxy) is 2. The fourth-order valence-electron chi connectivity index (χ4n) is 4.62. The molecule has 3 aromatic carbocycles. The molecule has 1 N–H and O–H groups in total. The number of esters is 1. The molecule has 0 radical (unpaired) electrons. The lowest BCUT2D eigenvalue weighted by atomic mass is 9.96. The van der Waals surface area contributed by atoms with Crippen LogP contribution in [0.3, 0.4) is 0 Å². The van der Waals surface area contributed by atoms with Crippen molar-refractivity contribution in [2.45, 2.75) is 39.5 Å². The second-order valence-corrected chi connectivity index (χ2v) is 11.1. The number of alkyl carbamates (subject to hydrolysis) is 1. The van der Waals surface area contributed by atoms with E-state index in [0.717, 1.165) is 55.1 Å². The SMILES string of the molecule is COC(=O)c1ccc(N2CCN(Cc3cc(CNC(=O)OC(C)(C)C)ccc3-c3ccc(Cl)cc3)CC2)cc1. The van der Waals surface area contributed by atoms with E-state index >= 15 is 0 Å². The van der Waals surface area contributed by atoms with Crippen LogP contribution in [-0.4, -0.2) is 55.9 Å². The second-order valence-electron chi connectivity index (χ2n) is 10.7. The van der Waals surface area contributed by atoms with Crippen molar-refractivity contribution in [1.29, 1.82) is 0 Å². The Kier molecular flexibility index (Phi) is 9.15. The molecule has 1 heterocycles. The van der Waals surface area contributed by atoms with Gasteiger partial charge in [-0.25, -0.2) is 9.59 Å². The number of benzene rings is 3. The fourth-order valence-corrected chi connectivity index (χ4v) is 4.74. The lowest BCUT2D eigenvalue weighted by molar-refractivity contribution is 0.0522. The summed E-state index contributed by atoms with van der Waals surface area (Å²) in [4.78, 5) is 28.7. The molecule has 1 aliphatic heterocycles. The summed E-state index contributed by atoms with van der Waals surface area (Å²) in [5.41, 5.74) is 5.56. The van der Waals surface area contributed by atoms with Crippen molar-refractivity contribution in [3.05, 3.63) is 88.4 Å². The lowest BCUT2D eigenvalue weighted by Crippen LogP contribution is -2.46. The molecule has 0 aliphatic carbocycles. The molecule has 4 rings (SSSR count). The van der Waals surface area contributed by atoms with Gasteiger partial charge in [-0.1, -0.05) is 41.9 Å². The first-order valence-corrected chi connectivity index (χ1v) is 13.5. The van der Waals surface area contributed by atoms with Gasteiger partial charge in [0.1, 0.15) is 5.60 Å². The van der Waals surface area contributed by atoms with Crippen LogP contribution < -0.4 is 10.2 Å². The van der Waals surface area contributed by atoms with Crippen molar-refractivity contribution in [3.8, 4) is 11.1 Å². The van der Waals surface area contributed by atoms with Gasteiger partial charge >= 0.3 is 12.1 Å². The van der Waals surface area contributed by atoms with Crippen molar-refractivity contribution < 1.29 is 19.1 Å². The number of carbonyl (C=O) groups is 2. The van der Waals surface area contributed by atoms with E-state index in [1.54, 1.807) is 0 Å². The lowest BCUT2D eigenvalue weighted by Gasteiger charge is -2.36. The van der Waals surface area contributed by atoms with Crippen molar-refractivity contribution in [2.24, 2.45) is 0 Å². The van der Waals surface area contributed by atoms with Gasteiger partial charge in [-0.3, -0.25) is 4.90 Å². The molecule has 0 saturated carbocycles. The number of rotatable bonds is 7. The minimum absolute atomic E-state index is 0.327. The third-order valence-electron chi connectivity index (χ3n) is 6.58. The highest BCUT2D eigenvalue weighted by molar-refractivity contribution is 6.30. The topological polar surface area (TPSA) is 71.1 Å². The molecule has 0 unspecified atom stereocenters. The van der Waals surface area contributed by atoms with Crippen LogP contribution in [0.2, 0.25) is 5.02 Å². The first-order valence-electron chi connectivity index (χ1n) is 13.1. The van der Waals surface area contributed by atoms with Gasteiger partial charge in [0.15, 0.2) is 0 Å². The fraction of sp³-hybridized carbons (Fsp3) is 0.355. The zero-order chi connectivity index (χ0) is 28.0. The Hall–Kier alpha value is -3.55. The number of nitrogens with one attached hydrogen (secondary N) is 1. The standard InChI is InChI=1S/C31H36ClN3O4/c1-31(2,3)39-30(37)33-20-22-5-14-28(23-6-10-26(32)11-7-23)25(19-22)21-34-15-17-35(18-16-34)27-12-8-24(9-13-27)29(36)38-4/h5-14,19H,15-18,20-21H2,1-4H3,(H,33,37). The molecule has 1 amide bonds. The average Bonchev–Trinajstić information content (AvgIpc) is 2.92. The van der Waals surface area contributed by atoms with Crippen LogP contribution in [0.25, 0.3) is 11.1 Å². The van der Waals surface area contributed by atoms with Crippen LogP contribution in [0.15, 0.2) is 66.7 Å². The number of amides is 1. The number of nitrogens with zero attached hydrogens (tertiary/aromatic N) is 2. The molecule has 8 heteroatoms. The Balaban J connectivity index is 1.45. The predicted octanol–water partition coefficient (Wildman–Crippen LogP) is 6.14. The molecular formula is C31H36ClN3O4. The molecular weight excluding hydrogens is 514 g/mol. The molecule has 206 valence electrons. The Morgan fingerprint density at radius 2 is 1.59 bits per heavy atom. The third-order valence-corrected chi connectivity index (χ3v) is 6.83. The normalized spacial score (nSPS) is 14.1. The summed E-state index contributed by atoms with van der Waals surface area (Å²) in [5, 5.41) is 3.57. The zero-order valence-corrected chi connectivity index (χ0v) is 23.8. The second kappa shape index (κ2) is 12.5. The summed E-state index contributed by atoms with van der Waals surface area (Å²) in [7, 11) is 1.39. The number of anilines is 1. The molecule has 39 heavy (non-hydrogen) atoms. The maximum Gasteiger partial charge on any atom is 0.407 e. The van der Waals surface area contributed by atoms with E-state index in [1.807, 2.05) is 75.4 Å². The smallest absolute Gasteiger partial charge is 0.407 e. The molecule has 0 spiro atoms. The van der Waals surface area contributed by atoms with Crippen LogP contribution in [0.5, 0.6) is 0 Å². The molecule has 0 aromatic heterocycles. The van der Waals surface area contributed by atoms with E-state index < -0.39 is 11.7 Å². The van der Waals surface area contributed by atoms with Gasteiger partial charge in [0.25, 0.3) is 0 Å². The number of halogens is 1. The molecule has 1 fully saturated rings. The van der Waals surface area contributed by atoms with Gasteiger partial charge in [-0.15, -0.1) is 0 Å². The quantitative estimate of drug-likeness (QED) is 0.357. The highest BCUT2D eigenvalue weighted by atomic mass is 35.5. The Labute approximate surface area is 235 Å². The number of hydrogen-bond acceptors (Lipinski definition) is 6. The maximum atomic E-state index is 12.2. The highest BCUT2D eigenvalue weighted by Gasteiger charge is 2.20. The summed E-state index contributed by atoms with van der Waals surface area (Å²) < 4.78 is 10.2. The van der Waals surface area contributed by atoms with E-state index in [9.17, 15) is 9.59 Å². The summed E-state index contributed by atoms with van der Waals surface area (Å²) in [6.07, 6.45) is -0.429. The van der Waals surface area contributed by atoms with Gasteiger partial charge in [0, 0.05) is 50.0 Å². The molecule has 7 nitrogen and oxygen atoms in total. The summed E-state index contributed by atoms with van der Waals surface area (Å²) in [5.74, 6) is -0.327. The first kappa shape index (κ1) is 28.5. The Morgan fingerprint density at radius 1 is 0.923 bits per heavy atom. The molecule has 0 bridgehead atoms. The minimum atomic E-state index is -0.542. The van der Waals surface area contributed by atoms with E-state index in [-0.39, 0.29) is 5.97 Å². The van der Waals surface area contributed by atoms with Gasteiger partial charge in [-0.05, 0) is 79.4 Å². The van der Waals surface area contributed by atoms with Crippen molar-refractivity contribution in [1.82, 2.24) is 10.2 Å². The molecule has 1 saturated heterocycles. The van der Waals surface area contributed by atoms with Crippen molar-refractivity contribution in [3.63, 3.8) is 0 Å². The van der Waals surface area contributed by atoms with Crippen LogP contribution >= 0.6 is 11.6 Å². The predicted molar refractivity (Wildman–Crippen MR) is 155 cm³/mol. The molecule has 1 aliphatic rings. The maximum absolute atomic E-state index is 12.2. The van der Waals surface area contributed by atoms with Crippen LogP contribution in [0, 0.1) is 0 Å². The summed E-state index contributed by atoms with van der Waals surface area (Å²) in [6, 6.07) is 21.8. The average molecular weight is 550 g/mol. The summed E-state index contributed by atoms with van der Waals surface area (Å²) >= 11 is 6.14. The third kappa shape index (κ3) is 7.97. The van der Waals surface area contributed by atoms with Crippen molar-refractivity contribution in [2.75, 3.05) is 38.2 Å². The minimum Gasteiger partial charge on any atom is -0.465 e. The van der Waals surface area contributed by atoms with Gasteiger partial charge in [0.2, 0.25) is 0 Å². The number of carbonyl (C=O) groups excluding carboxylic acids is 2. The van der Waals surface area contributed by atoms with Crippen LogP contribution in [-0.2, 0) is 22.6 Å². The monoisotopic (exact) mass is 549 g/mol. The molecule has 3 aromatic rings. The number of hydrogen-bond donors (Lipinski definition) is 1. The van der Waals surface area contributed by atoms with Crippen LogP contribution in [0.4, 0.5) is 10.5 Å². The first-order chi connectivity index (χ1) is 18.6. The highest BCUT2D eigenvalue weighted by Crippen LogP contribution is 2.28. The van der Waals surface area contributed by atoms with E-state index in [4.69, 9.17) is 21.1 Å².